The van der Waals surface area contributed by atoms with Gasteiger partial charge in [0.25, 0.3) is 18.2 Å². The highest BCUT2D eigenvalue weighted by atomic mass is 35.5. The fraction of sp³-hybridized carbons (Fsp3) is 0.429. The van der Waals surface area contributed by atoms with Crippen LogP contribution in [-0.2, 0) is 29.1 Å². The Bertz CT molecular complexity index is 1230. The van der Waals surface area contributed by atoms with Crippen molar-refractivity contribution in [1.82, 2.24) is 24.6 Å². The summed E-state index contributed by atoms with van der Waals surface area (Å²) in [6.45, 7) is -0.915. The van der Waals surface area contributed by atoms with Crippen molar-refractivity contribution in [1.29, 1.82) is 0 Å². The molecule has 0 radical (unpaired) electrons. The molecule has 0 bridgehead atoms. The number of nitrogens with one attached hydrogen (secondary N) is 1. The zero-order valence-corrected chi connectivity index (χ0v) is 19.9. The molecule has 1 aromatic carbocycles. The van der Waals surface area contributed by atoms with Gasteiger partial charge in [-0.1, -0.05) is 11.6 Å². The third kappa shape index (κ3) is 4.95. The number of carbonyl (C=O) groups is 3. The first-order valence-corrected chi connectivity index (χ1v) is 11.1. The molecule has 0 aliphatic carbocycles. The molecule has 2 aliphatic rings. The molecule has 1 N–H and O–H groups in total. The van der Waals surface area contributed by atoms with Crippen LogP contribution in [0.2, 0.25) is 5.02 Å². The lowest BCUT2D eigenvalue weighted by Gasteiger charge is -2.27. The average molecular weight is 533 g/mol. The molecule has 1 aromatic heterocycles. The second-order valence-corrected chi connectivity index (χ2v) is 8.72. The molecule has 1 atom stereocenters. The van der Waals surface area contributed by atoms with Crippen LogP contribution in [0.3, 0.4) is 0 Å². The third-order valence-electron chi connectivity index (χ3n) is 5.82. The summed E-state index contributed by atoms with van der Waals surface area (Å²) in [5.74, 6) is -3.38. The van der Waals surface area contributed by atoms with E-state index in [0.717, 1.165) is 16.0 Å². The standard InChI is InChI=1S/C21H21ClF4N6O4/c1-29(9-17(25)26)19(33)16-8-32-18(20(34)30(2)36-16)10-7-31(4-3-14(10)28-32)21(35)27-15-5-11(22)12(23)6-13(15)24/h5-6,16-17H,3-4,7-9H2,1-2H3,(H,27,35). The van der Waals surface area contributed by atoms with E-state index in [-0.39, 0.29) is 42.5 Å². The Morgan fingerprint density at radius 3 is 2.72 bits per heavy atom. The maximum atomic E-state index is 14.1. The molecule has 4 amide bonds. The number of halogens is 5. The number of aromatic nitrogens is 2. The van der Waals surface area contributed by atoms with Gasteiger partial charge in [-0.15, -0.1) is 0 Å². The molecule has 1 unspecified atom stereocenters. The van der Waals surface area contributed by atoms with Crippen LogP contribution < -0.4 is 5.32 Å². The molecular formula is C21H21ClF4N6O4. The summed E-state index contributed by atoms with van der Waals surface area (Å²) in [5.41, 5.74) is 0.682. The maximum absolute atomic E-state index is 14.1. The van der Waals surface area contributed by atoms with Crippen molar-refractivity contribution < 1.29 is 36.8 Å². The highest BCUT2D eigenvalue weighted by Crippen LogP contribution is 2.28. The van der Waals surface area contributed by atoms with E-state index < -0.39 is 48.6 Å². The van der Waals surface area contributed by atoms with Crippen LogP contribution in [-0.4, -0.2) is 82.2 Å². The van der Waals surface area contributed by atoms with Crippen molar-refractivity contribution >= 4 is 35.1 Å². The number of alkyl halides is 2. The van der Waals surface area contributed by atoms with Gasteiger partial charge < -0.3 is 15.1 Å². The molecule has 0 saturated carbocycles. The Hall–Kier alpha value is -3.39. The molecule has 0 saturated heterocycles. The van der Waals surface area contributed by atoms with Crippen LogP contribution in [0.5, 0.6) is 0 Å². The maximum Gasteiger partial charge on any atom is 0.322 e. The minimum atomic E-state index is -2.74. The lowest BCUT2D eigenvalue weighted by molar-refractivity contribution is -0.177. The van der Waals surface area contributed by atoms with Crippen molar-refractivity contribution in [3.63, 3.8) is 0 Å². The fourth-order valence-corrected chi connectivity index (χ4v) is 4.19. The Balaban J connectivity index is 1.56. The second kappa shape index (κ2) is 9.93. The molecule has 0 fully saturated rings. The van der Waals surface area contributed by atoms with Crippen LogP contribution >= 0.6 is 11.6 Å². The van der Waals surface area contributed by atoms with E-state index in [2.05, 4.69) is 10.4 Å². The summed E-state index contributed by atoms with van der Waals surface area (Å²) in [7, 11) is 2.48. The van der Waals surface area contributed by atoms with Crippen LogP contribution in [0.15, 0.2) is 12.1 Å². The van der Waals surface area contributed by atoms with Gasteiger partial charge in [0.15, 0.2) is 6.10 Å². The summed E-state index contributed by atoms with van der Waals surface area (Å²) >= 11 is 5.67. The number of hydroxylamine groups is 2. The Morgan fingerprint density at radius 1 is 1.31 bits per heavy atom. The number of nitrogens with zero attached hydrogens (tertiary/aromatic N) is 5. The lowest BCUT2D eigenvalue weighted by Crippen LogP contribution is -2.44. The fourth-order valence-electron chi connectivity index (χ4n) is 4.03. The van der Waals surface area contributed by atoms with Crippen LogP contribution in [0.1, 0.15) is 21.7 Å². The molecule has 4 rings (SSSR count). The number of rotatable bonds is 4. The van der Waals surface area contributed by atoms with Crippen molar-refractivity contribution in [3.8, 4) is 0 Å². The first kappa shape index (κ1) is 25.7. The quantitative estimate of drug-likeness (QED) is 0.482. The molecular weight excluding hydrogens is 512 g/mol. The highest BCUT2D eigenvalue weighted by molar-refractivity contribution is 6.31. The molecule has 194 valence electrons. The lowest BCUT2D eigenvalue weighted by atomic mass is 10.1. The van der Waals surface area contributed by atoms with Crippen molar-refractivity contribution in [3.05, 3.63) is 45.7 Å². The van der Waals surface area contributed by atoms with Gasteiger partial charge in [0.2, 0.25) is 0 Å². The number of amides is 4. The monoisotopic (exact) mass is 532 g/mol. The van der Waals surface area contributed by atoms with Gasteiger partial charge >= 0.3 is 6.03 Å². The second-order valence-electron chi connectivity index (χ2n) is 8.31. The Morgan fingerprint density at radius 2 is 2.03 bits per heavy atom. The number of carbonyl (C=O) groups excluding carboxylic acids is 3. The highest BCUT2D eigenvalue weighted by Gasteiger charge is 2.38. The minimum Gasteiger partial charge on any atom is -0.338 e. The van der Waals surface area contributed by atoms with Gasteiger partial charge in [-0.05, 0) is 6.07 Å². The predicted octanol–water partition coefficient (Wildman–Crippen LogP) is 2.51. The van der Waals surface area contributed by atoms with Gasteiger partial charge in [0.05, 0.1) is 36.0 Å². The summed E-state index contributed by atoms with van der Waals surface area (Å²) in [4.78, 5) is 46.0. The topological polar surface area (TPSA) is 100 Å². The normalized spacial score (nSPS) is 17.6. The molecule has 2 aromatic rings. The van der Waals surface area contributed by atoms with E-state index in [1.165, 1.54) is 23.7 Å². The summed E-state index contributed by atoms with van der Waals surface area (Å²) in [6, 6.07) is 0.785. The first-order valence-electron chi connectivity index (χ1n) is 10.7. The van der Waals surface area contributed by atoms with Gasteiger partial charge in [-0.2, -0.15) is 5.10 Å². The zero-order valence-electron chi connectivity index (χ0n) is 19.1. The van der Waals surface area contributed by atoms with Gasteiger partial charge in [0, 0.05) is 38.7 Å². The molecule has 36 heavy (non-hydrogen) atoms. The minimum absolute atomic E-state index is 0.0729. The summed E-state index contributed by atoms with van der Waals surface area (Å²) < 4.78 is 54.2. The largest absolute Gasteiger partial charge is 0.338 e. The SMILES string of the molecule is CN(CC(F)F)C(=O)C1Cn2nc3c(c2C(=O)N(C)O1)CN(C(=O)Nc1cc(Cl)c(F)cc1F)CC3. The van der Waals surface area contributed by atoms with Crippen molar-refractivity contribution in [2.45, 2.75) is 32.0 Å². The van der Waals surface area contributed by atoms with Crippen molar-refractivity contribution in [2.24, 2.45) is 0 Å². The number of benzene rings is 1. The predicted molar refractivity (Wildman–Crippen MR) is 117 cm³/mol. The van der Waals surface area contributed by atoms with E-state index in [1.807, 2.05) is 0 Å². The van der Waals surface area contributed by atoms with E-state index in [1.54, 1.807) is 0 Å². The number of urea groups is 1. The zero-order chi connectivity index (χ0) is 26.3. The van der Waals surface area contributed by atoms with E-state index in [9.17, 15) is 31.9 Å². The van der Waals surface area contributed by atoms with Crippen LogP contribution in [0.4, 0.5) is 28.0 Å². The number of hydrogen-bond acceptors (Lipinski definition) is 5. The molecule has 3 heterocycles. The molecule has 10 nitrogen and oxygen atoms in total. The van der Waals surface area contributed by atoms with E-state index in [0.29, 0.717) is 17.3 Å². The number of likely N-dealkylation sites (N-methyl/N-ethyl adjacent to an activating group) is 1. The average Bonchev–Trinajstić information content (AvgIpc) is 3.11. The number of hydrogen-bond donors (Lipinski definition) is 1. The molecule has 2 aliphatic heterocycles. The van der Waals surface area contributed by atoms with Gasteiger partial charge in [-0.25, -0.2) is 27.4 Å². The number of anilines is 1. The molecule has 15 heteroatoms. The van der Waals surface area contributed by atoms with E-state index >= 15 is 0 Å². The van der Waals surface area contributed by atoms with Gasteiger partial charge in [-0.3, -0.25) is 19.1 Å². The first-order chi connectivity index (χ1) is 17.0. The van der Waals surface area contributed by atoms with Crippen LogP contribution in [0.25, 0.3) is 0 Å². The van der Waals surface area contributed by atoms with E-state index in [4.69, 9.17) is 16.4 Å². The Kier molecular flexibility index (Phi) is 7.09. The van der Waals surface area contributed by atoms with Gasteiger partial charge in [0.1, 0.15) is 17.3 Å². The number of fused-ring (bicyclic) bond motifs is 3. The summed E-state index contributed by atoms with van der Waals surface area (Å²) in [6.07, 6.45) is -3.78. The van der Waals surface area contributed by atoms with Crippen molar-refractivity contribution in [2.75, 3.05) is 32.5 Å². The third-order valence-corrected chi connectivity index (χ3v) is 6.11. The Labute approximate surface area is 207 Å². The smallest absolute Gasteiger partial charge is 0.322 e. The summed E-state index contributed by atoms with van der Waals surface area (Å²) in [5, 5.41) is 7.19. The molecule has 0 spiro atoms. The van der Waals surface area contributed by atoms with Crippen LogP contribution in [0, 0.1) is 11.6 Å².